The molecule has 0 radical (unpaired) electrons. The molecule has 26 heteroatoms. The number of hydrogen-bond acceptors (Lipinski definition) is 18. The first-order chi connectivity index (χ1) is 48.8. The number of hydrogen-bond donors (Lipinski definition) is 8. The van der Waals surface area contributed by atoms with E-state index in [4.69, 9.17) is 50.8 Å². The number of halogens is 1. The van der Waals surface area contributed by atoms with Crippen molar-refractivity contribution in [3.8, 4) is 23.4 Å². The molecule has 6 amide bonds. The van der Waals surface area contributed by atoms with Gasteiger partial charge in [0.15, 0.2) is 0 Å². The van der Waals surface area contributed by atoms with E-state index in [1.165, 1.54) is 18.6 Å². The Kier molecular flexibility index (Phi) is 31.8. The highest BCUT2D eigenvalue weighted by Gasteiger charge is 2.31. The van der Waals surface area contributed by atoms with Gasteiger partial charge < -0.3 is 70.7 Å². The minimum absolute atomic E-state index is 0.000618. The Morgan fingerprint density at radius 2 is 1.01 bits per heavy atom. The number of anilines is 2. The Labute approximate surface area is 590 Å². The Balaban J connectivity index is 0.000000222. The molecule has 24 nitrogen and oxygen atoms in total. The van der Waals surface area contributed by atoms with Gasteiger partial charge in [0.1, 0.15) is 30.0 Å². The number of alkyl carbamates (subject to hydrolysis) is 2. The standard InChI is InChI=1S/C37H44N6O5.C30H40ClN5O5.C7H6BNO2/c38-24-28-12-4-5-15-31(28)33-18-17-32(35(42-33)39-21-19-30-14-6-7-23-47-30)36(45)41-25-29-13-9-22-43(29)34(44)16-8-20-40-37(46)48-26-27-10-2-1-3-11-27;31-26-14-13-25(28(35-26)32-17-15-24-11-4-5-19-40-24)29(38)34-20-23-10-7-18-36(23)27(37)12-6-16-33-30(39)41-21-22-8-2-1-3-9-22;9-5-6-3-1-2-4-7(6)8(10)11/h1-5,10-12,15,17-18,29-30H,6-9,13-14,16,19-23,25-26H2,(H,39,42)(H,40,46)(H,41,45);1-3,8-9,13-14,23-24H,4-7,10-12,15-21H2,(H,32,35)(H,33,39)(H,34,38);1-4,10-11H/t29-,30?;23-,24?;/m11./s1. The summed E-state index contributed by atoms with van der Waals surface area (Å²) in [6.45, 7) is 5.83. The molecule has 100 heavy (non-hydrogen) atoms. The second kappa shape index (κ2) is 41.7. The number of amides is 6. The SMILES string of the molecule is N#Cc1ccccc1-c1ccc(C(=O)NC[C@H]2CCCN2C(=O)CCCNC(=O)OCc2ccccc2)c(NCCC2CCCCO2)n1.N#Cc1ccccc1B(O)O.O=C(NCCCC(=O)N1CCC[C@@H]1CNC(=O)c1ccc(Cl)nc1NCCC1CCCCO1)OCc1ccccc1. The summed E-state index contributed by atoms with van der Waals surface area (Å²) in [6.07, 6.45) is 12.6. The summed E-state index contributed by atoms with van der Waals surface area (Å²) in [4.78, 5) is 89.3. The molecule has 4 atom stereocenters. The third-order valence-corrected chi connectivity index (χ3v) is 17.7. The lowest BCUT2D eigenvalue weighted by molar-refractivity contribution is -0.132. The van der Waals surface area contributed by atoms with E-state index in [9.17, 15) is 34.0 Å². The van der Waals surface area contributed by atoms with Crippen molar-refractivity contribution < 1.29 is 57.8 Å². The van der Waals surface area contributed by atoms with E-state index >= 15 is 0 Å². The van der Waals surface area contributed by atoms with E-state index in [2.05, 4.69) is 43.0 Å². The molecule has 4 aromatic carbocycles. The second-order valence-electron chi connectivity index (χ2n) is 24.6. The van der Waals surface area contributed by atoms with Gasteiger partial charge >= 0.3 is 19.3 Å². The van der Waals surface area contributed by atoms with E-state index < -0.39 is 19.3 Å². The molecule has 8 N–H and O–H groups in total. The van der Waals surface area contributed by atoms with Gasteiger partial charge in [-0.3, -0.25) is 19.2 Å². The van der Waals surface area contributed by atoms with Gasteiger partial charge in [0.2, 0.25) is 11.8 Å². The van der Waals surface area contributed by atoms with Gasteiger partial charge in [-0.15, -0.1) is 0 Å². The highest BCUT2D eigenvalue weighted by molar-refractivity contribution is 6.59. The zero-order valence-electron chi connectivity index (χ0n) is 56.4. The lowest BCUT2D eigenvalue weighted by Gasteiger charge is -2.25. The number of benzene rings is 4. The fourth-order valence-electron chi connectivity index (χ4n) is 12.1. The third-order valence-electron chi connectivity index (χ3n) is 17.5. The topological polar surface area (TPSA) is 332 Å². The van der Waals surface area contributed by atoms with Crippen molar-refractivity contribution in [2.45, 2.75) is 140 Å². The van der Waals surface area contributed by atoms with Gasteiger partial charge in [0.05, 0.1) is 52.3 Å². The highest BCUT2D eigenvalue weighted by atomic mass is 35.5. The number of ether oxygens (including phenoxy) is 4. The minimum Gasteiger partial charge on any atom is -0.445 e. The van der Waals surface area contributed by atoms with Crippen molar-refractivity contribution in [2.75, 3.05) is 76.2 Å². The van der Waals surface area contributed by atoms with E-state index in [-0.39, 0.29) is 73.0 Å². The molecule has 4 aliphatic heterocycles. The van der Waals surface area contributed by atoms with Crippen molar-refractivity contribution in [3.05, 3.63) is 172 Å². The summed E-state index contributed by atoms with van der Waals surface area (Å²) < 4.78 is 22.1. The number of likely N-dealkylation sites (tertiary alicyclic amines) is 2. The lowest BCUT2D eigenvalue weighted by atomic mass is 9.77. The quantitative estimate of drug-likeness (QED) is 0.0129. The van der Waals surface area contributed by atoms with Crippen LogP contribution in [0.15, 0.2) is 133 Å². The van der Waals surface area contributed by atoms with Crippen LogP contribution in [-0.2, 0) is 41.8 Å². The molecule has 0 saturated carbocycles. The summed E-state index contributed by atoms with van der Waals surface area (Å²) in [5, 5.41) is 53.9. The zero-order valence-corrected chi connectivity index (χ0v) is 57.2. The third kappa shape index (κ3) is 25.0. The van der Waals surface area contributed by atoms with Crippen molar-refractivity contribution in [1.29, 1.82) is 10.5 Å². The number of rotatable bonds is 28. The summed E-state index contributed by atoms with van der Waals surface area (Å²) in [5.41, 5.74) is 4.98. The molecule has 0 spiro atoms. The van der Waals surface area contributed by atoms with Crippen LogP contribution < -0.4 is 37.4 Å². The van der Waals surface area contributed by atoms with Gasteiger partial charge in [-0.25, -0.2) is 19.6 Å². The van der Waals surface area contributed by atoms with Crippen molar-refractivity contribution in [1.82, 2.24) is 41.0 Å². The molecule has 0 aliphatic carbocycles. The maximum Gasteiger partial charge on any atom is 0.489 e. The monoisotopic (exact) mass is 1380 g/mol. The molecule has 10 rings (SSSR count). The fourth-order valence-corrected chi connectivity index (χ4v) is 12.3. The fraction of sp³-hybridized carbons (Fsp3) is 0.432. The number of nitrogens with zero attached hydrogens (tertiary/aromatic N) is 6. The number of carbonyl (C=O) groups is 6. The van der Waals surface area contributed by atoms with Crippen LogP contribution in [0.1, 0.15) is 146 Å². The van der Waals surface area contributed by atoms with Crippen molar-refractivity contribution in [2.24, 2.45) is 0 Å². The maximum absolute atomic E-state index is 13.5. The normalized spacial score (nSPS) is 16.9. The van der Waals surface area contributed by atoms with Crippen molar-refractivity contribution >= 4 is 71.6 Å². The maximum atomic E-state index is 13.5. The second-order valence-corrected chi connectivity index (χ2v) is 25.0. The molecule has 4 fully saturated rings. The smallest absolute Gasteiger partial charge is 0.445 e. The summed E-state index contributed by atoms with van der Waals surface area (Å²) >= 11 is 6.11. The predicted octanol–water partition coefficient (Wildman–Crippen LogP) is 9.19. The number of pyridine rings is 2. The molecule has 0 bridgehead atoms. The van der Waals surface area contributed by atoms with Crippen LogP contribution >= 0.6 is 11.6 Å². The van der Waals surface area contributed by atoms with E-state index in [1.54, 1.807) is 42.5 Å². The Morgan fingerprint density at radius 1 is 0.540 bits per heavy atom. The van der Waals surface area contributed by atoms with Gasteiger partial charge in [-0.2, -0.15) is 10.5 Å². The molecule has 6 heterocycles. The van der Waals surface area contributed by atoms with E-state index in [0.29, 0.717) is 122 Å². The van der Waals surface area contributed by atoms with Crippen LogP contribution in [0, 0.1) is 22.7 Å². The first-order valence-corrected chi connectivity index (χ1v) is 34.9. The highest BCUT2D eigenvalue weighted by Crippen LogP contribution is 2.27. The summed E-state index contributed by atoms with van der Waals surface area (Å²) in [5.74, 6) is 0.365. The number of aromatic nitrogens is 2. The largest absolute Gasteiger partial charge is 0.489 e. The van der Waals surface area contributed by atoms with Crippen LogP contribution in [0.3, 0.4) is 0 Å². The average Bonchev–Trinajstić information content (AvgIpc) is 0.943. The minimum atomic E-state index is -1.56. The van der Waals surface area contributed by atoms with E-state index in [1.807, 2.05) is 94.7 Å². The van der Waals surface area contributed by atoms with Crippen LogP contribution in [0.25, 0.3) is 11.3 Å². The van der Waals surface area contributed by atoms with Gasteiger partial charge in [0.25, 0.3) is 11.8 Å². The van der Waals surface area contributed by atoms with Gasteiger partial charge in [-0.1, -0.05) is 109 Å². The Bertz CT molecular complexity index is 3690. The van der Waals surface area contributed by atoms with Crippen LogP contribution in [0.5, 0.6) is 0 Å². The molecule has 528 valence electrons. The molecule has 4 saturated heterocycles. The van der Waals surface area contributed by atoms with Gasteiger partial charge in [-0.05, 0) is 143 Å². The van der Waals surface area contributed by atoms with E-state index in [0.717, 1.165) is 95.0 Å². The number of nitrogens with one attached hydrogen (secondary N) is 6. The number of carbonyl (C=O) groups excluding carboxylic acids is 6. The van der Waals surface area contributed by atoms with Crippen LogP contribution in [-0.4, -0.2) is 163 Å². The molecular formula is C74H90BClN12O12. The summed E-state index contributed by atoms with van der Waals surface area (Å²) in [7, 11) is -1.56. The average molecular weight is 1390 g/mol. The number of nitriles is 2. The summed E-state index contributed by atoms with van der Waals surface area (Å²) in [6, 6.07) is 43.2. The van der Waals surface area contributed by atoms with Crippen LogP contribution in [0.2, 0.25) is 5.15 Å². The van der Waals surface area contributed by atoms with Gasteiger partial charge in [0, 0.05) is 96.1 Å². The molecular weight excluding hydrogens is 1300 g/mol. The zero-order chi connectivity index (χ0) is 70.7. The Hall–Kier alpha value is -9.63. The lowest BCUT2D eigenvalue weighted by Crippen LogP contribution is -2.43. The molecule has 4 aliphatic rings. The predicted molar refractivity (Wildman–Crippen MR) is 380 cm³/mol. The Morgan fingerprint density at radius 3 is 1.49 bits per heavy atom. The first kappa shape index (κ1) is 76.1. The van der Waals surface area contributed by atoms with Crippen molar-refractivity contribution in [3.63, 3.8) is 0 Å². The molecule has 6 aromatic rings. The van der Waals surface area contributed by atoms with Crippen LogP contribution in [0.4, 0.5) is 21.2 Å². The molecule has 2 aromatic heterocycles. The first-order valence-electron chi connectivity index (χ1n) is 34.5. The molecule has 2 unspecified atom stereocenters.